The van der Waals surface area contributed by atoms with Crippen molar-refractivity contribution in [2.75, 3.05) is 19.8 Å². The van der Waals surface area contributed by atoms with Crippen LogP contribution in [0.1, 0.15) is 53.4 Å². The molecule has 4 heteroatoms. The second-order valence-corrected chi connectivity index (χ2v) is 7.05. The predicted octanol–water partition coefficient (Wildman–Crippen LogP) is 2.35. The summed E-state index contributed by atoms with van der Waals surface area (Å²) in [6.45, 7) is 10.2. The summed E-state index contributed by atoms with van der Waals surface area (Å²) >= 11 is 0. The van der Waals surface area contributed by atoms with E-state index in [0.717, 1.165) is 32.5 Å². The van der Waals surface area contributed by atoms with Crippen molar-refractivity contribution in [2.45, 2.75) is 59.5 Å². The fourth-order valence-corrected chi connectivity index (χ4v) is 2.79. The van der Waals surface area contributed by atoms with Crippen LogP contribution in [0.5, 0.6) is 0 Å². The van der Waals surface area contributed by atoms with Crippen molar-refractivity contribution >= 4 is 5.91 Å². The van der Waals surface area contributed by atoms with E-state index in [2.05, 4.69) is 5.32 Å². The average Bonchev–Trinajstić information content (AvgIpc) is 2.43. The third-order valence-corrected chi connectivity index (χ3v) is 4.29. The lowest BCUT2D eigenvalue weighted by atomic mass is 9.80. The number of hydrogen-bond acceptors (Lipinski definition) is 3. The fraction of sp³-hybridized carbons (Fsp3) is 0.938. The van der Waals surface area contributed by atoms with Crippen LogP contribution >= 0.6 is 0 Å². The van der Waals surface area contributed by atoms with Crippen LogP contribution in [-0.4, -0.2) is 36.9 Å². The molecule has 1 amide bonds. The molecule has 1 unspecified atom stereocenters. The zero-order valence-corrected chi connectivity index (χ0v) is 13.4. The van der Waals surface area contributed by atoms with E-state index in [1.807, 2.05) is 27.7 Å². The molecule has 0 radical (unpaired) electrons. The maximum Gasteiger partial charge on any atom is 0.220 e. The van der Waals surface area contributed by atoms with Gasteiger partial charge < -0.3 is 15.2 Å². The molecule has 1 saturated heterocycles. The maximum atomic E-state index is 11.9. The van der Waals surface area contributed by atoms with Crippen LogP contribution < -0.4 is 5.32 Å². The third-order valence-electron chi connectivity index (χ3n) is 4.29. The van der Waals surface area contributed by atoms with E-state index in [4.69, 9.17) is 4.74 Å². The summed E-state index contributed by atoms with van der Waals surface area (Å²) in [5.74, 6) is 0.924. The summed E-state index contributed by atoms with van der Waals surface area (Å²) in [4.78, 5) is 11.9. The smallest absolute Gasteiger partial charge is 0.220 e. The highest BCUT2D eigenvalue weighted by molar-refractivity contribution is 5.75. The van der Waals surface area contributed by atoms with Gasteiger partial charge >= 0.3 is 0 Å². The minimum Gasteiger partial charge on any atom is -0.392 e. The lowest BCUT2D eigenvalue weighted by molar-refractivity contribution is -0.122. The molecular formula is C16H31NO3. The number of rotatable bonds is 7. The van der Waals surface area contributed by atoms with Crippen molar-refractivity contribution in [3.63, 3.8) is 0 Å². The van der Waals surface area contributed by atoms with Gasteiger partial charge in [0.1, 0.15) is 0 Å². The van der Waals surface area contributed by atoms with Crippen LogP contribution in [0.4, 0.5) is 0 Å². The zero-order valence-electron chi connectivity index (χ0n) is 13.4. The molecular weight excluding hydrogens is 254 g/mol. The molecule has 0 aliphatic carbocycles. The van der Waals surface area contributed by atoms with Crippen LogP contribution in [0.15, 0.2) is 0 Å². The topological polar surface area (TPSA) is 58.6 Å². The summed E-state index contributed by atoms with van der Waals surface area (Å²) in [6, 6.07) is 0. The Kier molecular flexibility index (Phi) is 6.96. The van der Waals surface area contributed by atoms with Gasteiger partial charge in [0.2, 0.25) is 5.91 Å². The number of hydrogen-bond donors (Lipinski definition) is 2. The first kappa shape index (κ1) is 17.4. The highest BCUT2D eigenvalue weighted by Crippen LogP contribution is 2.25. The Bertz CT molecular complexity index is 296. The molecule has 20 heavy (non-hydrogen) atoms. The fourth-order valence-electron chi connectivity index (χ4n) is 2.79. The van der Waals surface area contributed by atoms with Gasteiger partial charge in [-0.2, -0.15) is 0 Å². The molecule has 0 aromatic rings. The van der Waals surface area contributed by atoms with Crippen molar-refractivity contribution in [1.82, 2.24) is 5.32 Å². The molecule has 1 rings (SSSR count). The Hall–Kier alpha value is -0.610. The van der Waals surface area contributed by atoms with Crippen molar-refractivity contribution in [3.8, 4) is 0 Å². The summed E-state index contributed by atoms with van der Waals surface area (Å²) in [5.41, 5.74) is -0.289. The Morgan fingerprint density at radius 2 is 1.95 bits per heavy atom. The molecule has 4 nitrogen and oxygen atoms in total. The van der Waals surface area contributed by atoms with Gasteiger partial charge in [-0.1, -0.05) is 27.7 Å². The lowest BCUT2D eigenvalue weighted by Gasteiger charge is -2.33. The Morgan fingerprint density at radius 1 is 1.35 bits per heavy atom. The Balaban J connectivity index is 2.24. The summed E-state index contributed by atoms with van der Waals surface area (Å²) in [5, 5.41) is 13.1. The molecule has 0 saturated carbocycles. The molecule has 1 heterocycles. The number of ether oxygens (including phenoxy) is 1. The van der Waals surface area contributed by atoms with Crippen molar-refractivity contribution < 1.29 is 14.6 Å². The van der Waals surface area contributed by atoms with E-state index in [-0.39, 0.29) is 17.2 Å². The SMILES string of the molecule is CC(C)C(O)C(C)(C)CNC(=O)CCC1CCOCC1. The molecule has 118 valence electrons. The van der Waals surface area contributed by atoms with Crippen LogP contribution in [0.25, 0.3) is 0 Å². The molecule has 0 aromatic carbocycles. The quantitative estimate of drug-likeness (QED) is 0.755. The van der Waals surface area contributed by atoms with Crippen LogP contribution in [-0.2, 0) is 9.53 Å². The number of carbonyl (C=O) groups is 1. The standard InChI is InChI=1S/C16H31NO3/c1-12(2)15(19)16(3,4)11-17-14(18)6-5-13-7-9-20-10-8-13/h12-13,15,19H,5-11H2,1-4H3,(H,17,18). The molecule has 0 spiro atoms. The van der Waals surface area contributed by atoms with Crippen molar-refractivity contribution in [3.05, 3.63) is 0 Å². The highest BCUT2D eigenvalue weighted by Gasteiger charge is 2.30. The number of nitrogens with one attached hydrogen (secondary N) is 1. The van der Waals surface area contributed by atoms with Gasteiger partial charge in [0.25, 0.3) is 0 Å². The molecule has 1 aliphatic rings. The van der Waals surface area contributed by atoms with Crippen LogP contribution in [0.3, 0.4) is 0 Å². The monoisotopic (exact) mass is 285 g/mol. The summed E-state index contributed by atoms with van der Waals surface area (Å²) in [6.07, 6.45) is 3.27. The number of carbonyl (C=O) groups excluding carboxylic acids is 1. The van der Waals surface area contributed by atoms with Gasteiger partial charge in [0.15, 0.2) is 0 Å². The minimum absolute atomic E-state index is 0.0977. The molecule has 0 bridgehead atoms. The van der Waals surface area contributed by atoms with Gasteiger partial charge in [-0.15, -0.1) is 0 Å². The van der Waals surface area contributed by atoms with Crippen LogP contribution in [0.2, 0.25) is 0 Å². The Morgan fingerprint density at radius 3 is 2.50 bits per heavy atom. The van der Waals surface area contributed by atoms with Gasteiger partial charge in [-0.3, -0.25) is 4.79 Å². The number of aliphatic hydroxyl groups excluding tert-OH is 1. The molecule has 1 fully saturated rings. The predicted molar refractivity (Wildman–Crippen MR) is 80.4 cm³/mol. The second kappa shape index (κ2) is 7.99. The van der Waals surface area contributed by atoms with Crippen LogP contribution in [0, 0.1) is 17.3 Å². The van der Waals surface area contributed by atoms with E-state index in [0.29, 0.717) is 18.9 Å². The van der Waals surface area contributed by atoms with E-state index in [9.17, 15) is 9.90 Å². The average molecular weight is 285 g/mol. The zero-order chi connectivity index (χ0) is 15.2. The van der Waals surface area contributed by atoms with Gasteiger partial charge in [0.05, 0.1) is 6.10 Å². The van der Waals surface area contributed by atoms with Crippen molar-refractivity contribution in [2.24, 2.45) is 17.3 Å². The normalized spacial score (nSPS) is 19.1. The molecule has 2 N–H and O–H groups in total. The van der Waals surface area contributed by atoms with Gasteiger partial charge in [0, 0.05) is 31.6 Å². The van der Waals surface area contributed by atoms with E-state index in [1.54, 1.807) is 0 Å². The van der Waals surface area contributed by atoms with Gasteiger partial charge in [-0.25, -0.2) is 0 Å². The minimum atomic E-state index is -0.404. The molecule has 1 aliphatic heterocycles. The summed E-state index contributed by atoms with van der Waals surface area (Å²) < 4.78 is 5.32. The van der Waals surface area contributed by atoms with E-state index < -0.39 is 6.10 Å². The molecule has 0 aromatic heterocycles. The Labute approximate surface area is 123 Å². The van der Waals surface area contributed by atoms with Crippen molar-refractivity contribution in [1.29, 1.82) is 0 Å². The summed E-state index contributed by atoms with van der Waals surface area (Å²) in [7, 11) is 0. The first-order chi connectivity index (χ1) is 9.33. The molecule has 1 atom stereocenters. The van der Waals surface area contributed by atoms with E-state index in [1.165, 1.54) is 0 Å². The number of amides is 1. The van der Waals surface area contributed by atoms with E-state index >= 15 is 0 Å². The highest BCUT2D eigenvalue weighted by atomic mass is 16.5. The third kappa shape index (κ3) is 5.80. The first-order valence-electron chi connectivity index (χ1n) is 7.85. The maximum absolute atomic E-state index is 11.9. The first-order valence-corrected chi connectivity index (χ1v) is 7.85. The number of aliphatic hydroxyl groups is 1. The largest absolute Gasteiger partial charge is 0.392 e. The second-order valence-electron chi connectivity index (χ2n) is 7.05. The lowest BCUT2D eigenvalue weighted by Crippen LogP contribution is -2.43. The van der Waals surface area contributed by atoms with Gasteiger partial charge in [-0.05, 0) is 31.1 Å².